The van der Waals surface area contributed by atoms with Crippen LogP contribution in [-0.4, -0.2) is 18.2 Å². The van der Waals surface area contributed by atoms with Crippen molar-refractivity contribution in [2.24, 2.45) is 0 Å². The number of allylic oxidation sites excluding steroid dienone is 1. The molecule has 16 heavy (non-hydrogen) atoms. The predicted octanol–water partition coefficient (Wildman–Crippen LogP) is 2.79. The number of halogens is 1. The van der Waals surface area contributed by atoms with Crippen molar-refractivity contribution in [3.63, 3.8) is 0 Å². The fourth-order valence-corrected chi connectivity index (χ4v) is 1.39. The SMILES string of the molecule is COc1ccc(C)cc1C(C)=C(F)C(=O)O. The predicted molar refractivity (Wildman–Crippen MR) is 59.1 cm³/mol. The van der Waals surface area contributed by atoms with Crippen molar-refractivity contribution >= 4 is 11.5 Å². The van der Waals surface area contributed by atoms with Crippen molar-refractivity contribution < 1.29 is 19.0 Å². The van der Waals surface area contributed by atoms with Crippen LogP contribution in [0.3, 0.4) is 0 Å². The zero-order valence-corrected chi connectivity index (χ0v) is 9.37. The molecule has 0 fully saturated rings. The van der Waals surface area contributed by atoms with Gasteiger partial charge in [-0.3, -0.25) is 0 Å². The second-order valence-electron chi connectivity index (χ2n) is 3.45. The van der Waals surface area contributed by atoms with Gasteiger partial charge < -0.3 is 9.84 Å². The lowest BCUT2D eigenvalue weighted by atomic mass is 10.0. The van der Waals surface area contributed by atoms with E-state index in [9.17, 15) is 9.18 Å². The molecule has 0 radical (unpaired) electrons. The summed E-state index contributed by atoms with van der Waals surface area (Å²) in [6, 6.07) is 5.19. The van der Waals surface area contributed by atoms with Gasteiger partial charge in [0.1, 0.15) is 5.75 Å². The second-order valence-corrected chi connectivity index (χ2v) is 3.45. The van der Waals surface area contributed by atoms with E-state index in [2.05, 4.69) is 0 Å². The fraction of sp³-hybridized carbons (Fsp3) is 0.250. The summed E-state index contributed by atoms with van der Waals surface area (Å²) in [5.41, 5.74) is 1.43. The van der Waals surface area contributed by atoms with Gasteiger partial charge in [0, 0.05) is 11.1 Å². The van der Waals surface area contributed by atoms with Crippen molar-refractivity contribution in [1.82, 2.24) is 0 Å². The average Bonchev–Trinajstić information content (AvgIpc) is 2.26. The molecule has 0 aromatic heterocycles. The summed E-state index contributed by atoms with van der Waals surface area (Å²) in [4.78, 5) is 10.5. The Balaban J connectivity index is 3.37. The molecule has 1 aromatic rings. The van der Waals surface area contributed by atoms with Crippen LogP contribution in [0.1, 0.15) is 18.1 Å². The topological polar surface area (TPSA) is 46.5 Å². The molecule has 0 atom stereocenters. The maximum absolute atomic E-state index is 13.3. The summed E-state index contributed by atoms with van der Waals surface area (Å²) >= 11 is 0. The van der Waals surface area contributed by atoms with E-state index < -0.39 is 11.8 Å². The Morgan fingerprint density at radius 2 is 2.06 bits per heavy atom. The molecule has 0 amide bonds. The zero-order valence-electron chi connectivity index (χ0n) is 9.37. The first-order valence-electron chi connectivity index (χ1n) is 4.72. The van der Waals surface area contributed by atoms with E-state index >= 15 is 0 Å². The number of benzene rings is 1. The van der Waals surface area contributed by atoms with E-state index in [1.807, 2.05) is 13.0 Å². The van der Waals surface area contributed by atoms with Crippen molar-refractivity contribution in [2.75, 3.05) is 7.11 Å². The van der Waals surface area contributed by atoms with Crippen LogP contribution in [0.25, 0.3) is 5.57 Å². The van der Waals surface area contributed by atoms with Crippen LogP contribution in [0.4, 0.5) is 4.39 Å². The highest BCUT2D eigenvalue weighted by atomic mass is 19.1. The molecule has 0 saturated carbocycles. The minimum absolute atomic E-state index is 0.0630. The summed E-state index contributed by atoms with van der Waals surface area (Å²) in [6.45, 7) is 3.26. The number of carbonyl (C=O) groups is 1. The summed E-state index contributed by atoms with van der Waals surface area (Å²) in [5, 5.41) is 8.57. The van der Waals surface area contributed by atoms with Gasteiger partial charge in [0.2, 0.25) is 5.83 Å². The average molecular weight is 224 g/mol. The Morgan fingerprint density at radius 1 is 1.44 bits per heavy atom. The molecular formula is C12H13FO3. The molecule has 0 aliphatic carbocycles. The summed E-state index contributed by atoms with van der Waals surface area (Å²) in [5.74, 6) is -2.27. The molecule has 0 bridgehead atoms. The lowest BCUT2D eigenvalue weighted by molar-refractivity contribution is -0.134. The number of carboxylic acid groups (broad SMARTS) is 1. The highest BCUT2D eigenvalue weighted by Gasteiger charge is 2.15. The summed E-state index contributed by atoms with van der Waals surface area (Å²) in [7, 11) is 1.46. The van der Waals surface area contributed by atoms with Gasteiger partial charge in [-0.05, 0) is 26.0 Å². The molecule has 4 heteroatoms. The van der Waals surface area contributed by atoms with Crippen LogP contribution in [0.15, 0.2) is 24.0 Å². The van der Waals surface area contributed by atoms with E-state index in [0.29, 0.717) is 11.3 Å². The Hall–Kier alpha value is -1.84. The van der Waals surface area contributed by atoms with E-state index in [0.717, 1.165) is 5.56 Å². The number of hydrogen-bond acceptors (Lipinski definition) is 2. The number of methoxy groups -OCH3 is 1. The van der Waals surface area contributed by atoms with Gasteiger partial charge in [-0.25, -0.2) is 4.79 Å². The Morgan fingerprint density at radius 3 is 2.56 bits per heavy atom. The van der Waals surface area contributed by atoms with Gasteiger partial charge >= 0.3 is 5.97 Å². The van der Waals surface area contributed by atoms with Gasteiger partial charge in [-0.2, -0.15) is 4.39 Å². The number of carboxylic acids is 1. The van der Waals surface area contributed by atoms with Gasteiger partial charge in [-0.1, -0.05) is 11.6 Å². The van der Waals surface area contributed by atoms with Crippen molar-refractivity contribution in [2.45, 2.75) is 13.8 Å². The monoisotopic (exact) mass is 224 g/mol. The fourth-order valence-electron chi connectivity index (χ4n) is 1.39. The Labute approximate surface area is 93.2 Å². The number of hydrogen-bond donors (Lipinski definition) is 1. The van der Waals surface area contributed by atoms with Crippen LogP contribution in [0.5, 0.6) is 5.75 Å². The van der Waals surface area contributed by atoms with E-state index in [4.69, 9.17) is 9.84 Å². The smallest absolute Gasteiger partial charge is 0.365 e. The summed E-state index contributed by atoms with van der Waals surface area (Å²) in [6.07, 6.45) is 0. The largest absolute Gasteiger partial charge is 0.496 e. The Bertz CT molecular complexity index is 450. The van der Waals surface area contributed by atoms with Gasteiger partial charge in [0.25, 0.3) is 0 Å². The zero-order chi connectivity index (χ0) is 12.3. The minimum atomic E-state index is -1.57. The van der Waals surface area contributed by atoms with Gasteiger partial charge in [0.15, 0.2) is 0 Å². The van der Waals surface area contributed by atoms with E-state index in [1.54, 1.807) is 12.1 Å². The van der Waals surface area contributed by atoms with Crippen molar-refractivity contribution in [1.29, 1.82) is 0 Å². The lowest BCUT2D eigenvalue weighted by Gasteiger charge is -2.09. The highest BCUT2D eigenvalue weighted by Crippen LogP contribution is 2.29. The summed E-state index contributed by atoms with van der Waals surface area (Å²) < 4.78 is 18.3. The molecule has 0 aliphatic rings. The maximum atomic E-state index is 13.3. The Kier molecular flexibility index (Phi) is 3.66. The van der Waals surface area contributed by atoms with Crippen LogP contribution in [0, 0.1) is 6.92 Å². The standard InChI is InChI=1S/C12H13FO3/c1-7-4-5-10(16-3)9(6-7)8(2)11(13)12(14)15/h4-6H,1-3H3,(H,14,15). The minimum Gasteiger partial charge on any atom is -0.496 e. The molecule has 86 valence electrons. The normalized spacial score (nSPS) is 12.0. The molecule has 0 unspecified atom stereocenters. The highest BCUT2D eigenvalue weighted by molar-refractivity contribution is 5.94. The third-order valence-electron chi connectivity index (χ3n) is 2.28. The van der Waals surface area contributed by atoms with Gasteiger partial charge in [-0.15, -0.1) is 0 Å². The molecule has 1 aromatic carbocycles. The van der Waals surface area contributed by atoms with E-state index in [1.165, 1.54) is 14.0 Å². The number of aliphatic carboxylic acids is 1. The number of rotatable bonds is 3. The molecule has 0 saturated heterocycles. The third-order valence-corrected chi connectivity index (χ3v) is 2.28. The molecule has 1 N–H and O–H groups in total. The number of aryl methyl sites for hydroxylation is 1. The molecule has 0 spiro atoms. The number of ether oxygens (including phenoxy) is 1. The molecule has 1 rings (SSSR count). The molecular weight excluding hydrogens is 211 g/mol. The van der Waals surface area contributed by atoms with Crippen LogP contribution >= 0.6 is 0 Å². The van der Waals surface area contributed by atoms with Gasteiger partial charge in [0.05, 0.1) is 7.11 Å². The van der Waals surface area contributed by atoms with Crippen molar-refractivity contribution in [3.8, 4) is 5.75 Å². The third kappa shape index (κ3) is 2.39. The first-order chi connectivity index (χ1) is 7.47. The molecule has 0 heterocycles. The first-order valence-corrected chi connectivity index (χ1v) is 4.72. The van der Waals surface area contributed by atoms with Crippen LogP contribution in [0.2, 0.25) is 0 Å². The quantitative estimate of drug-likeness (QED) is 0.803. The van der Waals surface area contributed by atoms with Crippen LogP contribution < -0.4 is 4.74 Å². The van der Waals surface area contributed by atoms with Crippen molar-refractivity contribution in [3.05, 3.63) is 35.2 Å². The van der Waals surface area contributed by atoms with Crippen LogP contribution in [-0.2, 0) is 4.79 Å². The lowest BCUT2D eigenvalue weighted by Crippen LogP contribution is -1.99. The first kappa shape index (κ1) is 12.2. The molecule has 3 nitrogen and oxygen atoms in total. The van der Waals surface area contributed by atoms with E-state index in [-0.39, 0.29) is 5.57 Å². The second kappa shape index (κ2) is 4.79. The molecule has 0 aliphatic heterocycles. The maximum Gasteiger partial charge on any atom is 0.365 e.